The van der Waals surface area contributed by atoms with Crippen LogP contribution in [0.4, 0.5) is 0 Å². The average molecular weight is 171 g/mol. The van der Waals surface area contributed by atoms with Crippen LogP contribution in [-0.2, 0) is 14.3 Å². The molecule has 2 bridgehead atoms. The van der Waals surface area contributed by atoms with Crippen LogP contribution in [0.15, 0.2) is 0 Å². The van der Waals surface area contributed by atoms with Crippen LogP contribution in [0.25, 0.3) is 0 Å². The zero-order chi connectivity index (χ0) is 8.72. The number of carboxylic acids is 1. The molecule has 1 amide bonds. The fourth-order valence-electron chi connectivity index (χ4n) is 1.77. The summed E-state index contributed by atoms with van der Waals surface area (Å²) in [5.74, 6) is -2.17. The standard InChI is InChI=1S/C7H9NO4/c9-6(7(10)11)8-2-5-1-4(8)3-12-5/h4-5H,1-3H2,(H,10,11). The fraction of sp³-hybridized carbons (Fsp3) is 0.714. The summed E-state index contributed by atoms with van der Waals surface area (Å²) in [6, 6.07) is -0.00130. The third-order valence-corrected chi connectivity index (χ3v) is 2.34. The number of rotatable bonds is 0. The minimum Gasteiger partial charge on any atom is -0.474 e. The first-order valence-corrected chi connectivity index (χ1v) is 3.84. The number of amides is 1. The first-order chi connectivity index (χ1) is 5.68. The Morgan fingerprint density at radius 1 is 1.50 bits per heavy atom. The summed E-state index contributed by atoms with van der Waals surface area (Å²) in [7, 11) is 0. The molecular formula is C7H9NO4. The van der Waals surface area contributed by atoms with Crippen LogP contribution < -0.4 is 0 Å². The highest BCUT2D eigenvalue weighted by atomic mass is 16.5. The van der Waals surface area contributed by atoms with Gasteiger partial charge in [-0.15, -0.1) is 0 Å². The summed E-state index contributed by atoms with van der Waals surface area (Å²) >= 11 is 0. The van der Waals surface area contributed by atoms with Gasteiger partial charge >= 0.3 is 11.9 Å². The topological polar surface area (TPSA) is 66.8 Å². The van der Waals surface area contributed by atoms with E-state index in [9.17, 15) is 9.59 Å². The Labute approximate surface area is 68.9 Å². The molecule has 2 aliphatic heterocycles. The number of nitrogens with zero attached hydrogens (tertiary/aromatic N) is 1. The lowest BCUT2D eigenvalue weighted by molar-refractivity contribution is -0.158. The number of fused-ring (bicyclic) bond motifs is 2. The minimum atomic E-state index is -1.37. The van der Waals surface area contributed by atoms with Crippen LogP contribution in [0.1, 0.15) is 6.42 Å². The summed E-state index contributed by atoms with van der Waals surface area (Å²) in [6.45, 7) is 0.930. The van der Waals surface area contributed by atoms with Gasteiger partial charge in [0.15, 0.2) is 0 Å². The lowest BCUT2D eigenvalue weighted by Gasteiger charge is -2.24. The van der Waals surface area contributed by atoms with Crippen LogP contribution in [0, 0.1) is 0 Å². The number of carbonyl (C=O) groups excluding carboxylic acids is 1. The Balaban J connectivity index is 2.07. The van der Waals surface area contributed by atoms with Gasteiger partial charge in [0.2, 0.25) is 0 Å². The van der Waals surface area contributed by atoms with Crippen molar-refractivity contribution in [2.45, 2.75) is 18.6 Å². The van der Waals surface area contributed by atoms with Crippen LogP contribution in [0.5, 0.6) is 0 Å². The van der Waals surface area contributed by atoms with Crippen molar-refractivity contribution in [2.75, 3.05) is 13.2 Å². The predicted molar refractivity (Wildman–Crippen MR) is 37.5 cm³/mol. The molecule has 2 saturated heterocycles. The number of morpholine rings is 1. The van der Waals surface area contributed by atoms with E-state index in [0.717, 1.165) is 6.42 Å². The third-order valence-electron chi connectivity index (χ3n) is 2.34. The number of aliphatic carboxylic acids is 1. The van der Waals surface area contributed by atoms with Gasteiger partial charge in [-0.1, -0.05) is 0 Å². The zero-order valence-electron chi connectivity index (χ0n) is 6.40. The molecule has 0 aliphatic carbocycles. The van der Waals surface area contributed by atoms with Crippen LogP contribution in [0.2, 0.25) is 0 Å². The van der Waals surface area contributed by atoms with Crippen LogP contribution in [-0.4, -0.2) is 47.2 Å². The number of ether oxygens (including phenoxy) is 1. The van der Waals surface area contributed by atoms with Gasteiger partial charge in [0.05, 0.1) is 18.8 Å². The Bertz CT molecular complexity index is 240. The first kappa shape index (κ1) is 7.54. The molecule has 0 aromatic heterocycles. The Kier molecular flexibility index (Phi) is 1.54. The van der Waals surface area contributed by atoms with Crippen molar-refractivity contribution in [1.82, 2.24) is 4.90 Å². The molecular weight excluding hydrogens is 162 g/mol. The molecule has 2 fully saturated rings. The van der Waals surface area contributed by atoms with Crippen molar-refractivity contribution in [3.63, 3.8) is 0 Å². The highest BCUT2D eigenvalue weighted by Crippen LogP contribution is 2.27. The van der Waals surface area contributed by atoms with Gasteiger partial charge in [0, 0.05) is 6.54 Å². The maximum absolute atomic E-state index is 11.0. The third kappa shape index (κ3) is 0.972. The van der Waals surface area contributed by atoms with Crippen molar-refractivity contribution in [3.05, 3.63) is 0 Å². The molecule has 0 spiro atoms. The molecule has 66 valence electrons. The maximum Gasteiger partial charge on any atom is 0.394 e. The van der Waals surface area contributed by atoms with Crippen molar-refractivity contribution in [1.29, 1.82) is 0 Å². The summed E-state index contributed by atoms with van der Waals surface area (Å²) in [4.78, 5) is 22.7. The van der Waals surface area contributed by atoms with Crippen molar-refractivity contribution in [2.24, 2.45) is 0 Å². The number of carboxylic acid groups (broad SMARTS) is 1. The van der Waals surface area contributed by atoms with Crippen LogP contribution >= 0.6 is 0 Å². The summed E-state index contributed by atoms with van der Waals surface area (Å²) < 4.78 is 5.23. The molecule has 2 aliphatic rings. The minimum absolute atomic E-state index is 0.00130. The van der Waals surface area contributed by atoms with Gasteiger partial charge in [-0.2, -0.15) is 0 Å². The highest BCUT2D eigenvalue weighted by Gasteiger charge is 2.43. The van der Waals surface area contributed by atoms with Gasteiger partial charge in [0.1, 0.15) is 0 Å². The monoisotopic (exact) mass is 171 g/mol. The number of likely N-dealkylation sites (tertiary alicyclic amines) is 1. The van der Waals surface area contributed by atoms with Crippen molar-refractivity contribution in [3.8, 4) is 0 Å². The molecule has 2 heterocycles. The number of hydrogen-bond donors (Lipinski definition) is 1. The van der Waals surface area contributed by atoms with Gasteiger partial charge < -0.3 is 14.7 Å². The summed E-state index contributed by atoms with van der Waals surface area (Å²) in [6.07, 6.45) is 0.859. The molecule has 0 aromatic carbocycles. The molecule has 0 aromatic rings. The van der Waals surface area contributed by atoms with E-state index in [-0.39, 0.29) is 12.1 Å². The Morgan fingerprint density at radius 3 is 2.67 bits per heavy atom. The molecule has 1 N–H and O–H groups in total. The van der Waals surface area contributed by atoms with E-state index in [0.29, 0.717) is 13.2 Å². The molecule has 12 heavy (non-hydrogen) atoms. The second kappa shape index (κ2) is 2.45. The Morgan fingerprint density at radius 2 is 2.25 bits per heavy atom. The van der Waals surface area contributed by atoms with E-state index in [4.69, 9.17) is 9.84 Å². The van der Waals surface area contributed by atoms with Gasteiger partial charge in [-0.25, -0.2) is 4.79 Å². The normalized spacial score (nSPS) is 32.5. The van der Waals surface area contributed by atoms with E-state index in [1.54, 1.807) is 0 Å². The molecule has 0 radical (unpaired) electrons. The van der Waals surface area contributed by atoms with E-state index < -0.39 is 11.9 Å². The second-order valence-electron chi connectivity index (χ2n) is 3.11. The van der Waals surface area contributed by atoms with E-state index in [2.05, 4.69) is 0 Å². The Hall–Kier alpha value is -1.10. The molecule has 5 heteroatoms. The molecule has 5 nitrogen and oxygen atoms in total. The second-order valence-corrected chi connectivity index (χ2v) is 3.11. The zero-order valence-corrected chi connectivity index (χ0v) is 6.40. The molecule has 2 rings (SSSR count). The first-order valence-electron chi connectivity index (χ1n) is 3.84. The molecule has 0 saturated carbocycles. The fourth-order valence-corrected chi connectivity index (χ4v) is 1.77. The smallest absolute Gasteiger partial charge is 0.394 e. The summed E-state index contributed by atoms with van der Waals surface area (Å²) in [5, 5.41) is 8.44. The highest BCUT2D eigenvalue weighted by molar-refractivity contribution is 6.31. The molecule has 2 unspecified atom stereocenters. The van der Waals surface area contributed by atoms with Crippen molar-refractivity contribution < 1.29 is 19.4 Å². The SMILES string of the molecule is O=C(O)C(=O)N1CC2CC1CO2. The largest absolute Gasteiger partial charge is 0.474 e. The lowest BCUT2D eigenvalue weighted by atomic mass is 10.2. The molecule has 2 atom stereocenters. The number of hydrogen-bond acceptors (Lipinski definition) is 3. The van der Waals surface area contributed by atoms with Crippen LogP contribution in [0.3, 0.4) is 0 Å². The van der Waals surface area contributed by atoms with Gasteiger partial charge in [-0.3, -0.25) is 4.79 Å². The summed E-state index contributed by atoms with van der Waals surface area (Å²) in [5.41, 5.74) is 0. The van der Waals surface area contributed by atoms with E-state index in [1.165, 1.54) is 4.90 Å². The quantitative estimate of drug-likeness (QED) is 0.478. The van der Waals surface area contributed by atoms with Gasteiger partial charge in [0.25, 0.3) is 0 Å². The number of carbonyl (C=O) groups is 2. The van der Waals surface area contributed by atoms with Crippen molar-refractivity contribution >= 4 is 11.9 Å². The predicted octanol–water partition coefficient (Wildman–Crippen LogP) is -0.929. The average Bonchev–Trinajstić information content (AvgIpc) is 2.62. The van der Waals surface area contributed by atoms with E-state index in [1.807, 2.05) is 0 Å². The maximum atomic E-state index is 11.0. The van der Waals surface area contributed by atoms with Gasteiger partial charge in [-0.05, 0) is 6.42 Å². The van der Waals surface area contributed by atoms with E-state index >= 15 is 0 Å². The lowest BCUT2D eigenvalue weighted by Crippen LogP contribution is -2.44.